The third-order valence-electron chi connectivity index (χ3n) is 4.25. The van der Waals surface area contributed by atoms with Crippen molar-refractivity contribution in [3.63, 3.8) is 0 Å². The van der Waals surface area contributed by atoms with Crippen molar-refractivity contribution in [2.45, 2.75) is 25.8 Å². The summed E-state index contributed by atoms with van der Waals surface area (Å²) < 4.78 is 10.6. The first kappa shape index (κ1) is 15.1. The summed E-state index contributed by atoms with van der Waals surface area (Å²) in [5.41, 5.74) is 7.05. The molecule has 0 aromatic heterocycles. The maximum Gasteiger partial charge on any atom is 0.160 e. The zero-order chi connectivity index (χ0) is 14.5. The molecule has 1 saturated heterocycles. The van der Waals surface area contributed by atoms with Gasteiger partial charge in [0.05, 0.1) is 14.2 Å². The van der Waals surface area contributed by atoms with E-state index in [0.717, 1.165) is 37.6 Å². The molecule has 1 fully saturated rings. The van der Waals surface area contributed by atoms with Crippen LogP contribution in [0.2, 0.25) is 0 Å². The number of rotatable bonds is 6. The van der Waals surface area contributed by atoms with Crippen LogP contribution < -0.4 is 15.2 Å². The first-order valence-electron chi connectivity index (χ1n) is 7.33. The van der Waals surface area contributed by atoms with E-state index in [0.29, 0.717) is 12.0 Å². The van der Waals surface area contributed by atoms with Crippen LogP contribution in [-0.2, 0) is 6.42 Å². The summed E-state index contributed by atoms with van der Waals surface area (Å²) in [7, 11) is 3.34. The Bertz CT molecular complexity index is 436. The van der Waals surface area contributed by atoms with Gasteiger partial charge in [-0.1, -0.05) is 6.07 Å². The highest BCUT2D eigenvalue weighted by Crippen LogP contribution is 2.29. The van der Waals surface area contributed by atoms with Gasteiger partial charge < -0.3 is 15.2 Å². The van der Waals surface area contributed by atoms with Gasteiger partial charge >= 0.3 is 0 Å². The van der Waals surface area contributed by atoms with Crippen LogP contribution in [0.4, 0.5) is 0 Å². The summed E-state index contributed by atoms with van der Waals surface area (Å²) in [5, 5.41) is 0. The lowest BCUT2D eigenvalue weighted by molar-refractivity contribution is 0.248. The molecule has 0 saturated carbocycles. The Hall–Kier alpha value is -1.26. The van der Waals surface area contributed by atoms with Gasteiger partial charge in [0.25, 0.3) is 0 Å². The molecule has 2 unspecified atom stereocenters. The Morgan fingerprint density at radius 3 is 2.65 bits per heavy atom. The molecule has 1 aliphatic heterocycles. The molecule has 1 aliphatic rings. The largest absolute Gasteiger partial charge is 0.493 e. The molecule has 0 spiro atoms. The zero-order valence-electron chi connectivity index (χ0n) is 12.8. The van der Waals surface area contributed by atoms with E-state index in [-0.39, 0.29) is 0 Å². The van der Waals surface area contributed by atoms with Crippen molar-refractivity contribution in [3.05, 3.63) is 23.8 Å². The highest BCUT2D eigenvalue weighted by Gasteiger charge is 2.25. The Kier molecular flexibility index (Phi) is 5.26. The number of ether oxygens (including phenoxy) is 2. The monoisotopic (exact) mass is 278 g/mol. The SMILES string of the molecule is COc1ccc(CC(C)N2CCC(CN)C2)cc1OC. The smallest absolute Gasteiger partial charge is 0.160 e. The van der Waals surface area contributed by atoms with Gasteiger partial charge in [0.15, 0.2) is 11.5 Å². The number of benzene rings is 1. The topological polar surface area (TPSA) is 47.7 Å². The fourth-order valence-electron chi connectivity index (χ4n) is 2.93. The minimum atomic E-state index is 0.532. The van der Waals surface area contributed by atoms with Gasteiger partial charge in [-0.05, 0) is 56.5 Å². The number of nitrogens with two attached hydrogens (primary N) is 1. The molecule has 112 valence electrons. The molecule has 1 heterocycles. The molecule has 2 rings (SSSR count). The van der Waals surface area contributed by atoms with Crippen LogP contribution in [0.1, 0.15) is 18.9 Å². The van der Waals surface area contributed by atoms with Gasteiger partial charge in [0.1, 0.15) is 0 Å². The van der Waals surface area contributed by atoms with Gasteiger partial charge in [-0.3, -0.25) is 4.90 Å². The first-order valence-corrected chi connectivity index (χ1v) is 7.33. The molecule has 0 radical (unpaired) electrons. The zero-order valence-corrected chi connectivity index (χ0v) is 12.8. The van der Waals surface area contributed by atoms with Crippen LogP contribution in [0.25, 0.3) is 0 Å². The second-order valence-electron chi connectivity index (χ2n) is 5.63. The number of hydrogen-bond acceptors (Lipinski definition) is 4. The summed E-state index contributed by atoms with van der Waals surface area (Å²) >= 11 is 0. The standard InChI is InChI=1S/C16H26N2O2/c1-12(18-7-6-14(10-17)11-18)8-13-4-5-15(19-2)16(9-13)20-3/h4-5,9,12,14H,6-8,10-11,17H2,1-3H3. The van der Waals surface area contributed by atoms with Gasteiger partial charge in [-0.2, -0.15) is 0 Å². The normalized spacial score (nSPS) is 20.9. The number of nitrogens with zero attached hydrogens (tertiary/aromatic N) is 1. The molecule has 1 aromatic carbocycles. The van der Waals surface area contributed by atoms with Crippen molar-refractivity contribution in [2.24, 2.45) is 11.7 Å². The highest BCUT2D eigenvalue weighted by molar-refractivity contribution is 5.43. The summed E-state index contributed by atoms with van der Waals surface area (Å²) in [6, 6.07) is 6.71. The van der Waals surface area contributed by atoms with Crippen molar-refractivity contribution in [1.29, 1.82) is 0 Å². The predicted octanol–water partition coefficient (Wildman–Crippen LogP) is 1.92. The lowest BCUT2D eigenvalue weighted by atomic mass is 10.1. The number of hydrogen-bond donors (Lipinski definition) is 1. The molecule has 0 amide bonds. The van der Waals surface area contributed by atoms with E-state index in [1.807, 2.05) is 6.07 Å². The molecule has 2 N–H and O–H groups in total. The molecule has 1 aromatic rings. The third-order valence-corrected chi connectivity index (χ3v) is 4.25. The van der Waals surface area contributed by atoms with Gasteiger partial charge in [0.2, 0.25) is 0 Å². The van der Waals surface area contributed by atoms with Crippen molar-refractivity contribution in [1.82, 2.24) is 4.90 Å². The molecule has 4 heteroatoms. The van der Waals surface area contributed by atoms with E-state index >= 15 is 0 Å². The minimum Gasteiger partial charge on any atom is -0.493 e. The Labute approximate surface area is 121 Å². The molecule has 0 aliphatic carbocycles. The maximum atomic E-state index is 5.76. The van der Waals surface area contributed by atoms with Crippen LogP contribution in [-0.4, -0.2) is 44.8 Å². The van der Waals surface area contributed by atoms with Crippen molar-refractivity contribution in [2.75, 3.05) is 33.9 Å². The average molecular weight is 278 g/mol. The van der Waals surface area contributed by atoms with E-state index in [1.165, 1.54) is 12.0 Å². The second kappa shape index (κ2) is 6.95. The Balaban J connectivity index is 1.99. The molecule has 20 heavy (non-hydrogen) atoms. The van der Waals surface area contributed by atoms with Crippen LogP contribution in [0.3, 0.4) is 0 Å². The highest BCUT2D eigenvalue weighted by atomic mass is 16.5. The van der Waals surface area contributed by atoms with Crippen LogP contribution >= 0.6 is 0 Å². The third kappa shape index (κ3) is 3.44. The molecular formula is C16H26N2O2. The van der Waals surface area contributed by atoms with Crippen molar-refractivity contribution in [3.8, 4) is 11.5 Å². The summed E-state index contributed by atoms with van der Waals surface area (Å²) in [6.07, 6.45) is 2.25. The van der Waals surface area contributed by atoms with E-state index in [4.69, 9.17) is 15.2 Å². The quantitative estimate of drug-likeness (QED) is 0.863. The number of likely N-dealkylation sites (tertiary alicyclic amines) is 1. The van der Waals surface area contributed by atoms with E-state index in [2.05, 4.69) is 24.0 Å². The summed E-state index contributed by atoms with van der Waals surface area (Å²) in [5.74, 6) is 2.26. The van der Waals surface area contributed by atoms with E-state index in [1.54, 1.807) is 14.2 Å². The van der Waals surface area contributed by atoms with Gasteiger partial charge in [-0.25, -0.2) is 0 Å². The molecular weight excluding hydrogens is 252 g/mol. The Morgan fingerprint density at radius 2 is 2.05 bits per heavy atom. The van der Waals surface area contributed by atoms with E-state index in [9.17, 15) is 0 Å². The fraction of sp³-hybridized carbons (Fsp3) is 0.625. The summed E-state index contributed by atoms with van der Waals surface area (Å²) in [4.78, 5) is 2.54. The van der Waals surface area contributed by atoms with Crippen molar-refractivity contribution >= 4 is 0 Å². The van der Waals surface area contributed by atoms with Crippen molar-refractivity contribution < 1.29 is 9.47 Å². The average Bonchev–Trinajstić information content (AvgIpc) is 2.96. The predicted molar refractivity (Wildman–Crippen MR) is 81.4 cm³/mol. The van der Waals surface area contributed by atoms with E-state index < -0.39 is 0 Å². The molecule has 2 atom stereocenters. The molecule has 4 nitrogen and oxygen atoms in total. The van der Waals surface area contributed by atoms with Crippen LogP contribution in [0.15, 0.2) is 18.2 Å². The van der Waals surface area contributed by atoms with Crippen LogP contribution in [0, 0.1) is 5.92 Å². The van der Waals surface area contributed by atoms with Gasteiger partial charge in [-0.15, -0.1) is 0 Å². The number of methoxy groups -OCH3 is 2. The Morgan fingerprint density at radius 1 is 1.30 bits per heavy atom. The lowest BCUT2D eigenvalue weighted by Gasteiger charge is -2.24. The summed E-state index contributed by atoms with van der Waals surface area (Å²) in [6.45, 7) is 5.39. The maximum absolute atomic E-state index is 5.76. The van der Waals surface area contributed by atoms with Crippen LogP contribution in [0.5, 0.6) is 11.5 Å². The lowest BCUT2D eigenvalue weighted by Crippen LogP contribution is -2.33. The van der Waals surface area contributed by atoms with Gasteiger partial charge in [0, 0.05) is 12.6 Å². The fourth-order valence-corrected chi connectivity index (χ4v) is 2.93. The minimum absolute atomic E-state index is 0.532. The second-order valence-corrected chi connectivity index (χ2v) is 5.63. The molecule has 0 bridgehead atoms. The first-order chi connectivity index (χ1) is 9.67.